The molecule has 0 spiro atoms. The molecule has 7 heteroatoms. The highest BCUT2D eigenvalue weighted by Crippen LogP contribution is 2.24. The molecule has 0 saturated carbocycles. The maximum Gasteiger partial charge on any atom is 0.323 e. The van der Waals surface area contributed by atoms with Gasteiger partial charge < -0.3 is 10.0 Å². The molecule has 1 amide bonds. The van der Waals surface area contributed by atoms with E-state index in [1.807, 2.05) is 0 Å². The van der Waals surface area contributed by atoms with Crippen molar-refractivity contribution in [2.24, 2.45) is 5.92 Å². The van der Waals surface area contributed by atoms with Gasteiger partial charge in [-0.2, -0.15) is 0 Å². The molecule has 1 aliphatic rings. The van der Waals surface area contributed by atoms with Gasteiger partial charge in [0.05, 0.1) is 17.4 Å². The van der Waals surface area contributed by atoms with Crippen LogP contribution in [0.2, 0.25) is 0 Å². The summed E-state index contributed by atoms with van der Waals surface area (Å²) in [5.41, 5.74) is 0.462. The van der Waals surface area contributed by atoms with E-state index in [-0.39, 0.29) is 17.9 Å². The number of sulfone groups is 1. The van der Waals surface area contributed by atoms with Gasteiger partial charge in [0.25, 0.3) is 0 Å². The van der Waals surface area contributed by atoms with E-state index >= 15 is 0 Å². The number of hydrogen-bond acceptors (Lipinski definition) is 4. The number of aliphatic carboxylic acids is 1. The van der Waals surface area contributed by atoms with E-state index in [4.69, 9.17) is 5.11 Å². The summed E-state index contributed by atoms with van der Waals surface area (Å²) in [4.78, 5) is 24.4. The van der Waals surface area contributed by atoms with Crippen molar-refractivity contribution in [1.82, 2.24) is 0 Å². The molecule has 0 bridgehead atoms. The highest BCUT2D eigenvalue weighted by atomic mass is 32.2. The molecule has 6 nitrogen and oxygen atoms in total. The van der Waals surface area contributed by atoms with E-state index in [9.17, 15) is 18.0 Å². The summed E-state index contributed by atoms with van der Waals surface area (Å²) >= 11 is 0. The minimum atomic E-state index is -3.18. The largest absolute Gasteiger partial charge is 0.480 e. The molecule has 0 unspecified atom stereocenters. The van der Waals surface area contributed by atoms with Gasteiger partial charge in [-0.25, -0.2) is 8.42 Å². The summed E-state index contributed by atoms with van der Waals surface area (Å²) in [7, 11) is -3.18. The summed E-state index contributed by atoms with van der Waals surface area (Å²) in [6.45, 7) is -0.473. The van der Waals surface area contributed by atoms with Crippen LogP contribution in [0.1, 0.15) is 6.42 Å². The van der Waals surface area contributed by atoms with Crippen LogP contribution in [-0.2, 0) is 19.4 Å². The van der Waals surface area contributed by atoms with E-state index in [0.29, 0.717) is 5.69 Å². The fourth-order valence-electron chi connectivity index (χ4n) is 2.25. The second kappa shape index (κ2) is 5.62. The molecule has 108 valence electrons. The molecule has 2 rings (SSSR count). The monoisotopic (exact) mass is 297 g/mol. The molecular weight excluding hydrogens is 282 g/mol. The second-order valence-corrected chi connectivity index (χ2v) is 6.98. The standard InChI is InChI=1S/C13H15NO5S/c15-12(16)8-14(11-4-2-1-3-5-11)13(17)10-6-7-20(18,19)9-10/h1-5,10H,6-9H2,(H,15,16)/t10-/m1/s1. The summed E-state index contributed by atoms with van der Waals surface area (Å²) in [5, 5.41) is 8.93. The SMILES string of the molecule is O=C(O)CN(C(=O)[C@@H]1CCS(=O)(=O)C1)c1ccccc1. The van der Waals surface area contributed by atoms with Crippen molar-refractivity contribution >= 4 is 27.4 Å². The second-order valence-electron chi connectivity index (χ2n) is 4.75. The minimum Gasteiger partial charge on any atom is -0.480 e. The molecule has 1 aromatic carbocycles. The van der Waals surface area contributed by atoms with Crippen LogP contribution in [0.3, 0.4) is 0 Å². The molecule has 0 aromatic heterocycles. The van der Waals surface area contributed by atoms with Gasteiger partial charge in [0.1, 0.15) is 6.54 Å². The fraction of sp³-hybridized carbons (Fsp3) is 0.385. The van der Waals surface area contributed by atoms with Crippen molar-refractivity contribution in [2.45, 2.75) is 6.42 Å². The zero-order chi connectivity index (χ0) is 14.8. The Bertz CT molecular complexity index is 611. The lowest BCUT2D eigenvalue weighted by molar-refractivity contribution is -0.137. The van der Waals surface area contributed by atoms with Crippen molar-refractivity contribution in [3.05, 3.63) is 30.3 Å². The summed E-state index contributed by atoms with van der Waals surface area (Å²) in [5.74, 6) is -2.45. The third kappa shape index (κ3) is 3.36. The van der Waals surface area contributed by atoms with E-state index in [1.54, 1.807) is 30.3 Å². The maximum absolute atomic E-state index is 12.4. The lowest BCUT2D eigenvalue weighted by atomic mass is 10.1. The van der Waals surface area contributed by atoms with Gasteiger partial charge in [-0.15, -0.1) is 0 Å². The molecule has 20 heavy (non-hydrogen) atoms. The van der Waals surface area contributed by atoms with E-state index in [2.05, 4.69) is 0 Å². The predicted octanol–water partition coefficient (Wildman–Crippen LogP) is 0.539. The third-order valence-corrected chi connectivity index (χ3v) is 4.98. The lowest BCUT2D eigenvalue weighted by Gasteiger charge is -2.23. The Morgan fingerprint density at radius 3 is 2.40 bits per heavy atom. The molecule has 1 aromatic rings. The number of rotatable bonds is 4. The number of nitrogens with zero attached hydrogens (tertiary/aromatic N) is 1. The van der Waals surface area contributed by atoms with Crippen LogP contribution in [0, 0.1) is 5.92 Å². The highest BCUT2D eigenvalue weighted by Gasteiger charge is 2.36. The van der Waals surface area contributed by atoms with Crippen molar-refractivity contribution < 1.29 is 23.1 Å². The van der Waals surface area contributed by atoms with Crippen LogP contribution in [-0.4, -0.2) is 43.5 Å². The highest BCUT2D eigenvalue weighted by molar-refractivity contribution is 7.91. The number of carbonyl (C=O) groups is 2. The summed E-state index contributed by atoms with van der Waals surface area (Å²) < 4.78 is 22.9. The number of amides is 1. The van der Waals surface area contributed by atoms with E-state index in [0.717, 1.165) is 4.90 Å². The first-order valence-electron chi connectivity index (χ1n) is 6.18. The average Bonchev–Trinajstić information content (AvgIpc) is 2.76. The zero-order valence-electron chi connectivity index (χ0n) is 10.7. The minimum absolute atomic E-state index is 0.0148. The van der Waals surface area contributed by atoms with Gasteiger partial charge in [-0.1, -0.05) is 18.2 Å². The van der Waals surface area contributed by atoms with E-state index in [1.165, 1.54) is 0 Å². The molecule has 0 radical (unpaired) electrons. The first kappa shape index (κ1) is 14.5. The molecule has 0 aliphatic carbocycles. The van der Waals surface area contributed by atoms with Crippen molar-refractivity contribution in [1.29, 1.82) is 0 Å². The number of carboxylic acid groups (broad SMARTS) is 1. The number of para-hydroxylation sites is 1. The molecular formula is C13H15NO5S. The normalized spacial score (nSPS) is 20.5. The Kier molecular flexibility index (Phi) is 4.08. The Morgan fingerprint density at radius 2 is 1.90 bits per heavy atom. The Balaban J connectivity index is 2.23. The number of carboxylic acids is 1. The van der Waals surface area contributed by atoms with Gasteiger partial charge in [0.15, 0.2) is 9.84 Å². The van der Waals surface area contributed by atoms with Crippen LogP contribution in [0.15, 0.2) is 30.3 Å². The van der Waals surface area contributed by atoms with Crippen molar-refractivity contribution in [2.75, 3.05) is 23.0 Å². The molecule has 1 fully saturated rings. The fourth-order valence-corrected chi connectivity index (χ4v) is 3.98. The summed E-state index contributed by atoms with van der Waals surface area (Å²) in [6, 6.07) is 8.41. The topological polar surface area (TPSA) is 91.8 Å². The average molecular weight is 297 g/mol. The van der Waals surface area contributed by atoms with Crippen LogP contribution in [0.5, 0.6) is 0 Å². The zero-order valence-corrected chi connectivity index (χ0v) is 11.5. The van der Waals surface area contributed by atoms with Crippen LogP contribution in [0.25, 0.3) is 0 Å². The van der Waals surface area contributed by atoms with Crippen LogP contribution >= 0.6 is 0 Å². The van der Waals surface area contributed by atoms with Gasteiger partial charge in [-0.3, -0.25) is 9.59 Å². The van der Waals surface area contributed by atoms with E-state index < -0.39 is 34.2 Å². The lowest BCUT2D eigenvalue weighted by Crippen LogP contribution is -2.40. The molecule has 1 atom stereocenters. The number of anilines is 1. The quantitative estimate of drug-likeness (QED) is 0.875. The molecule has 1 heterocycles. The number of carbonyl (C=O) groups excluding carboxylic acids is 1. The van der Waals surface area contributed by atoms with Crippen molar-refractivity contribution in [3.8, 4) is 0 Å². The molecule has 1 aliphatic heterocycles. The molecule has 1 saturated heterocycles. The van der Waals surface area contributed by atoms with Crippen molar-refractivity contribution in [3.63, 3.8) is 0 Å². The molecule has 1 N–H and O–H groups in total. The predicted molar refractivity (Wildman–Crippen MR) is 73.2 cm³/mol. The first-order chi connectivity index (χ1) is 9.39. The summed E-state index contributed by atoms with van der Waals surface area (Å²) in [6.07, 6.45) is 0.254. The van der Waals surface area contributed by atoms with Crippen LogP contribution in [0.4, 0.5) is 5.69 Å². The number of benzene rings is 1. The van der Waals surface area contributed by atoms with Gasteiger partial charge in [0.2, 0.25) is 5.91 Å². The van der Waals surface area contributed by atoms with Gasteiger partial charge in [0, 0.05) is 5.69 Å². The Labute approximate surface area is 116 Å². The Morgan fingerprint density at radius 1 is 1.25 bits per heavy atom. The Hall–Kier alpha value is -1.89. The maximum atomic E-state index is 12.4. The van der Waals surface area contributed by atoms with Crippen LogP contribution < -0.4 is 4.90 Å². The third-order valence-electron chi connectivity index (χ3n) is 3.21. The first-order valence-corrected chi connectivity index (χ1v) is 8.00. The smallest absolute Gasteiger partial charge is 0.323 e. The number of hydrogen-bond donors (Lipinski definition) is 1. The van der Waals surface area contributed by atoms with Gasteiger partial charge in [-0.05, 0) is 18.6 Å². The van der Waals surface area contributed by atoms with Gasteiger partial charge >= 0.3 is 5.97 Å².